The third kappa shape index (κ3) is 5.18. The number of hydrogen-bond acceptors (Lipinski definition) is 5. The van der Waals surface area contributed by atoms with Crippen LogP contribution in [0.1, 0.15) is 44.9 Å². The van der Waals surface area contributed by atoms with Crippen molar-refractivity contribution in [3.8, 4) is 0 Å². The first-order valence-electron chi connectivity index (χ1n) is 9.52. The minimum absolute atomic E-state index is 0.129. The zero-order valence-electron chi connectivity index (χ0n) is 16.5. The summed E-state index contributed by atoms with van der Waals surface area (Å²) in [7, 11) is 0. The van der Waals surface area contributed by atoms with Crippen LogP contribution in [0.4, 0.5) is 10.1 Å². The monoisotopic (exact) mass is 387 g/mol. The fourth-order valence-electron chi connectivity index (χ4n) is 3.28. The third-order valence-corrected chi connectivity index (χ3v) is 4.61. The number of nitrogens with zero attached hydrogens (tertiary/aromatic N) is 2. The Morgan fingerprint density at radius 2 is 2.04 bits per heavy atom. The summed E-state index contributed by atoms with van der Waals surface area (Å²) < 4.78 is 19.6. The first-order chi connectivity index (χ1) is 13.2. The summed E-state index contributed by atoms with van der Waals surface area (Å²) in [5.74, 6) is -0.717. The molecule has 1 aliphatic heterocycles. The normalized spacial score (nSPS) is 16.2. The van der Waals surface area contributed by atoms with Gasteiger partial charge in [0.05, 0.1) is 12.0 Å². The number of nitrogens with one attached hydrogen (secondary N) is 1. The molecule has 7 heteroatoms. The van der Waals surface area contributed by atoms with Crippen LogP contribution in [0.3, 0.4) is 0 Å². The van der Waals surface area contributed by atoms with Gasteiger partial charge in [-0.05, 0) is 64.2 Å². The zero-order valence-corrected chi connectivity index (χ0v) is 16.5. The predicted octanol–water partition coefficient (Wildman–Crippen LogP) is 3.08. The Balaban J connectivity index is 1.67. The lowest BCUT2D eigenvalue weighted by molar-refractivity contribution is -0.155. The van der Waals surface area contributed by atoms with E-state index in [0.717, 1.165) is 30.5 Å². The molecule has 0 unspecified atom stereocenters. The van der Waals surface area contributed by atoms with Crippen LogP contribution in [0.5, 0.6) is 0 Å². The van der Waals surface area contributed by atoms with Gasteiger partial charge in [-0.25, -0.2) is 9.37 Å². The third-order valence-electron chi connectivity index (χ3n) is 4.61. The van der Waals surface area contributed by atoms with E-state index in [2.05, 4.69) is 10.3 Å². The Labute approximate surface area is 163 Å². The highest BCUT2D eigenvalue weighted by Crippen LogP contribution is 2.22. The van der Waals surface area contributed by atoms with Crippen LogP contribution >= 0.6 is 0 Å². The second-order valence-corrected chi connectivity index (χ2v) is 8.13. The summed E-state index contributed by atoms with van der Waals surface area (Å²) >= 11 is 0. The molecular weight excluding hydrogens is 361 g/mol. The molecular formula is C21H26FN3O3. The molecule has 0 amide bonds. The lowest BCUT2D eigenvalue weighted by Gasteiger charge is -2.26. The Bertz CT molecular complexity index is 901. The second kappa shape index (κ2) is 8.12. The van der Waals surface area contributed by atoms with Gasteiger partial charge in [0.2, 0.25) is 0 Å². The van der Waals surface area contributed by atoms with Gasteiger partial charge in [-0.1, -0.05) is 12.1 Å². The average Bonchev–Trinajstić information content (AvgIpc) is 2.62. The number of hydrogen-bond donors (Lipinski definition) is 1. The van der Waals surface area contributed by atoms with E-state index in [4.69, 9.17) is 4.74 Å². The molecule has 0 bridgehead atoms. The summed E-state index contributed by atoms with van der Waals surface area (Å²) in [5.41, 5.74) is 1.38. The minimum Gasteiger partial charge on any atom is -0.459 e. The molecule has 1 aromatic carbocycles. The fraction of sp³-hybridized carbons (Fsp3) is 0.476. The molecule has 1 N–H and O–H groups in total. The van der Waals surface area contributed by atoms with Crippen LogP contribution in [-0.4, -0.2) is 27.2 Å². The fourth-order valence-corrected chi connectivity index (χ4v) is 3.28. The van der Waals surface area contributed by atoms with E-state index in [1.54, 1.807) is 32.9 Å². The number of ether oxygens (including phenoxy) is 1. The molecule has 3 rings (SSSR count). The van der Waals surface area contributed by atoms with E-state index < -0.39 is 11.6 Å². The number of halogens is 1. The number of aryl methyl sites for hydroxylation is 2. The standard InChI is InChI=1S/C21H26FN3O3/c1-21(2,3)28-18(26)12-25-13-23-17-11-10-16(24-19(17)20(25)27)9-6-14-4-7-15(22)8-5-14/h4-5,7-8,13,16,24H,6,9-12H2,1-3H3/t16-/m1/s1. The second-order valence-electron chi connectivity index (χ2n) is 8.13. The molecule has 0 saturated heterocycles. The van der Waals surface area contributed by atoms with Gasteiger partial charge in [0.15, 0.2) is 0 Å². The Morgan fingerprint density at radius 3 is 2.71 bits per heavy atom. The summed E-state index contributed by atoms with van der Waals surface area (Å²) in [5, 5.41) is 3.29. The van der Waals surface area contributed by atoms with Gasteiger partial charge in [0.25, 0.3) is 5.56 Å². The molecule has 2 heterocycles. The average molecular weight is 387 g/mol. The molecule has 1 aliphatic rings. The number of rotatable bonds is 5. The van der Waals surface area contributed by atoms with Crippen LogP contribution < -0.4 is 10.9 Å². The van der Waals surface area contributed by atoms with E-state index >= 15 is 0 Å². The first-order valence-corrected chi connectivity index (χ1v) is 9.52. The van der Waals surface area contributed by atoms with Crippen LogP contribution in [0.15, 0.2) is 35.4 Å². The molecule has 1 aromatic heterocycles. The van der Waals surface area contributed by atoms with Crippen LogP contribution in [0.2, 0.25) is 0 Å². The van der Waals surface area contributed by atoms with Crippen LogP contribution in [-0.2, 0) is 28.9 Å². The molecule has 28 heavy (non-hydrogen) atoms. The van der Waals surface area contributed by atoms with Crippen molar-refractivity contribution in [3.63, 3.8) is 0 Å². The molecule has 0 radical (unpaired) electrons. The predicted molar refractivity (Wildman–Crippen MR) is 105 cm³/mol. The van der Waals surface area contributed by atoms with E-state index in [0.29, 0.717) is 12.1 Å². The van der Waals surface area contributed by atoms with Crippen molar-refractivity contribution in [3.05, 3.63) is 58.0 Å². The lowest BCUT2D eigenvalue weighted by Crippen LogP contribution is -2.36. The molecule has 0 saturated carbocycles. The van der Waals surface area contributed by atoms with E-state index in [9.17, 15) is 14.0 Å². The van der Waals surface area contributed by atoms with E-state index in [1.165, 1.54) is 23.0 Å². The van der Waals surface area contributed by atoms with Gasteiger partial charge in [0, 0.05) is 6.04 Å². The van der Waals surface area contributed by atoms with Gasteiger partial charge >= 0.3 is 5.97 Å². The van der Waals surface area contributed by atoms with Crippen molar-refractivity contribution in [2.24, 2.45) is 0 Å². The highest BCUT2D eigenvalue weighted by Gasteiger charge is 2.23. The van der Waals surface area contributed by atoms with Crippen molar-refractivity contribution in [2.45, 2.75) is 64.6 Å². The maximum absolute atomic E-state index is 13.0. The highest BCUT2D eigenvalue weighted by atomic mass is 19.1. The Hall–Kier alpha value is -2.70. The van der Waals surface area contributed by atoms with E-state index in [1.807, 2.05) is 0 Å². The Kier molecular flexibility index (Phi) is 5.82. The summed E-state index contributed by atoms with van der Waals surface area (Å²) in [6.07, 6.45) is 4.60. The van der Waals surface area contributed by atoms with Crippen molar-refractivity contribution >= 4 is 11.7 Å². The van der Waals surface area contributed by atoms with Gasteiger partial charge in [-0.15, -0.1) is 0 Å². The molecule has 2 aromatic rings. The molecule has 0 spiro atoms. The number of aromatic nitrogens is 2. The van der Waals surface area contributed by atoms with E-state index in [-0.39, 0.29) is 24.0 Å². The first kappa shape index (κ1) is 20.0. The van der Waals surface area contributed by atoms with Gasteiger partial charge in [-0.2, -0.15) is 0 Å². The van der Waals surface area contributed by atoms with Gasteiger partial charge < -0.3 is 10.1 Å². The number of fused-ring (bicyclic) bond motifs is 1. The molecule has 150 valence electrons. The number of benzene rings is 1. The SMILES string of the molecule is CC(C)(C)OC(=O)Cn1cnc2c(c1=O)N[C@H](CCc1ccc(F)cc1)CC2. The van der Waals surface area contributed by atoms with Crippen LogP contribution in [0, 0.1) is 5.82 Å². The maximum atomic E-state index is 13.0. The van der Waals surface area contributed by atoms with Crippen molar-refractivity contribution in [1.82, 2.24) is 9.55 Å². The van der Waals surface area contributed by atoms with Gasteiger partial charge in [-0.3, -0.25) is 14.2 Å². The smallest absolute Gasteiger partial charge is 0.326 e. The minimum atomic E-state index is -0.605. The lowest BCUT2D eigenvalue weighted by atomic mass is 9.97. The topological polar surface area (TPSA) is 73.2 Å². The number of anilines is 1. The number of esters is 1. The summed E-state index contributed by atoms with van der Waals surface area (Å²) in [6, 6.07) is 6.60. The van der Waals surface area contributed by atoms with Crippen molar-refractivity contribution in [1.29, 1.82) is 0 Å². The van der Waals surface area contributed by atoms with Crippen LogP contribution in [0.25, 0.3) is 0 Å². The Morgan fingerprint density at radius 1 is 1.32 bits per heavy atom. The van der Waals surface area contributed by atoms with Crippen molar-refractivity contribution in [2.75, 3.05) is 5.32 Å². The summed E-state index contributed by atoms with van der Waals surface area (Å²) in [6.45, 7) is 5.18. The zero-order chi connectivity index (χ0) is 20.3. The maximum Gasteiger partial charge on any atom is 0.326 e. The largest absolute Gasteiger partial charge is 0.459 e. The highest BCUT2D eigenvalue weighted by molar-refractivity contribution is 5.69. The number of carbonyl (C=O) groups is 1. The number of carbonyl (C=O) groups excluding carboxylic acids is 1. The van der Waals surface area contributed by atoms with Crippen molar-refractivity contribution < 1.29 is 13.9 Å². The molecule has 0 fully saturated rings. The van der Waals surface area contributed by atoms with Gasteiger partial charge in [0.1, 0.15) is 23.7 Å². The molecule has 1 atom stereocenters. The quantitative estimate of drug-likeness (QED) is 0.798. The molecule has 0 aliphatic carbocycles. The summed E-state index contributed by atoms with van der Waals surface area (Å²) in [4.78, 5) is 29.2. The molecule has 6 nitrogen and oxygen atoms in total.